The third-order valence-corrected chi connectivity index (χ3v) is 4.23. The van der Waals surface area contributed by atoms with Crippen molar-refractivity contribution in [2.24, 2.45) is 0 Å². The number of aliphatic hydroxyl groups is 1. The van der Waals surface area contributed by atoms with Crippen LogP contribution in [0.3, 0.4) is 0 Å². The molecule has 0 saturated carbocycles. The molecule has 2 aromatic heterocycles. The summed E-state index contributed by atoms with van der Waals surface area (Å²) in [5, 5.41) is 13.4. The lowest BCUT2D eigenvalue weighted by atomic mass is 10.0. The zero-order valence-corrected chi connectivity index (χ0v) is 13.9. The maximum Gasteiger partial charge on any atom is 0.129 e. The van der Waals surface area contributed by atoms with Crippen molar-refractivity contribution in [3.63, 3.8) is 0 Å². The first-order valence-corrected chi connectivity index (χ1v) is 8.65. The second-order valence-corrected chi connectivity index (χ2v) is 6.18. The van der Waals surface area contributed by atoms with Gasteiger partial charge in [0.25, 0.3) is 0 Å². The van der Waals surface area contributed by atoms with Gasteiger partial charge in [0.1, 0.15) is 12.1 Å². The highest BCUT2D eigenvalue weighted by Gasteiger charge is 2.10. The lowest BCUT2D eigenvalue weighted by molar-refractivity contribution is 0.209. The Bertz CT molecular complexity index is 672. The number of nitrogens with zero attached hydrogens (tertiary/aromatic N) is 3. The van der Waals surface area contributed by atoms with E-state index in [0.717, 1.165) is 55.7 Å². The van der Waals surface area contributed by atoms with E-state index < -0.39 is 6.10 Å². The Morgan fingerprint density at radius 3 is 2.96 bits per heavy atom. The number of fused-ring (bicyclic) bond motifs is 1. The number of anilines is 1. The van der Waals surface area contributed by atoms with Crippen LogP contribution in [0.25, 0.3) is 6.08 Å². The normalized spacial score (nSPS) is 15.0. The summed E-state index contributed by atoms with van der Waals surface area (Å²) in [6.07, 6.45) is 14.2. The lowest BCUT2D eigenvalue weighted by Crippen LogP contribution is -2.14. The molecule has 0 aliphatic carbocycles. The molecule has 0 aromatic carbocycles. The van der Waals surface area contributed by atoms with Crippen molar-refractivity contribution in [3.8, 4) is 0 Å². The smallest absolute Gasteiger partial charge is 0.129 e. The number of unbranched alkanes of at least 4 members (excludes halogenated alkanes) is 1. The Morgan fingerprint density at radius 1 is 1.21 bits per heavy atom. The SMILES string of the molecule is O[C@@H](C=Cc1cncnc1)CCCCc1ccc2c(n1)NCCC2. The highest BCUT2D eigenvalue weighted by molar-refractivity contribution is 5.47. The van der Waals surface area contributed by atoms with Gasteiger partial charge in [-0.25, -0.2) is 15.0 Å². The molecule has 3 rings (SSSR count). The molecule has 0 bridgehead atoms. The second-order valence-electron chi connectivity index (χ2n) is 6.18. The number of aliphatic hydroxyl groups excluding tert-OH is 1. The van der Waals surface area contributed by atoms with Gasteiger partial charge >= 0.3 is 0 Å². The molecule has 2 aromatic rings. The van der Waals surface area contributed by atoms with Crippen molar-refractivity contribution < 1.29 is 5.11 Å². The highest BCUT2D eigenvalue weighted by atomic mass is 16.3. The average Bonchev–Trinajstić information content (AvgIpc) is 2.64. The van der Waals surface area contributed by atoms with Crippen molar-refractivity contribution in [3.05, 3.63) is 53.8 Å². The first-order valence-electron chi connectivity index (χ1n) is 8.65. The van der Waals surface area contributed by atoms with Crippen LogP contribution >= 0.6 is 0 Å². The number of aryl methyl sites for hydroxylation is 2. The molecule has 0 spiro atoms. The van der Waals surface area contributed by atoms with Crippen LogP contribution in [0.15, 0.2) is 36.9 Å². The Morgan fingerprint density at radius 2 is 2.08 bits per heavy atom. The number of rotatable bonds is 7. The molecule has 0 radical (unpaired) electrons. The molecular weight excluding hydrogens is 300 g/mol. The van der Waals surface area contributed by atoms with E-state index in [-0.39, 0.29) is 0 Å². The van der Waals surface area contributed by atoms with E-state index in [2.05, 4.69) is 27.4 Å². The Balaban J connectivity index is 1.40. The van der Waals surface area contributed by atoms with Gasteiger partial charge in [-0.05, 0) is 43.7 Å². The van der Waals surface area contributed by atoms with Crippen LogP contribution in [0.4, 0.5) is 5.82 Å². The van der Waals surface area contributed by atoms with Crippen molar-refractivity contribution >= 4 is 11.9 Å². The number of hydrogen-bond acceptors (Lipinski definition) is 5. The fourth-order valence-electron chi connectivity index (χ4n) is 2.88. The summed E-state index contributed by atoms with van der Waals surface area (Å²) in [5.74, 6) is 1.06. The molecular formula is C19H24N4O. The Hall–Kier alpha value is -2.27. The van der Waals surface area contributed by atoms with E-state index >= 15 is 0 Å². The fraction of sp³-hybridized carbons (Fsp3) is 0.421. The number of hydrogen-bond donors (Lipinski definition) is 2. The summed E-state index contributed by atoms with van der Waals surface area (Å²) in [4.78, 5) is 12.6. The highest BCUT2D eigenvalue weighted by Crippen LogP contribution is 2.20. The maximum absolute atomic E-state index is 10.0. The quantitative estimate of drug-likeness (QED) is 0.766. The predicted molar refractivity (Wildman–Crippen MR) is 95.7 cm³/mol. The van der Waals surface area contributed by atoms with Crippen molar-refractivity contribution in [2.45, 2.75) is 44.6 Å². The predicted octanol–water partition coefficient (Wildman–Crippen LogP) is 3.02. The minimum absolute atomic E-state index is 0.427. The summed E-state index contributed by atoms with van der Waals surface area (Å²) in [6, 6.07) is 4.33. The molecule has 3 heterocycles. The minimum atomic E-state index is -0.427. The molecule has 0 amide bonds. The second kappa shape index (κ2) is 8.55. The van der Waals surface area contributed by atoms with E-state index in [1.807, 2.05) is 6.08 Å². The van der Waals surface area contributed by atoms with E-state index in [9.17, 15) is 5.11 Å². The van der Waals surface area contributed by atoms with Gasteiger partial charge in [-0.2, -0.15) is 0 Å². The molecule has 0 saturated heterocycles. The van der Waals surface area contributed by atoms with Gasteiger partial charge in [0.15, 0.2) is 0 Å². The number of nitrogens with one attached hydrogen (secondary N) is 1. The molecule has 2 N–H and O–H groups in total. The van der Waals surface area contributed by atoms with Gasteiger partial charge in [-0.3, -0.25) is 0 Å². The topological polar surface area (TPSA) is 70.9 Å². The van der Waals surface area contributed by atoms with Crippen LogP contribution < -0.4 is 5.32 Å². The number of pyridine rings is 1. The van der Waals surface area contributed by atoms with Crippen molar-refractivity contribution in [1.82, 2.24) is 15.0 Å². The van der Waals surface area contributed by atoms with E-state index in [0.29, 0.717) is 0 Å². The Labute approximate surface area is 142 Å². The van der Waals surface area contributed by atoms with Crippen LogP contribution in [0.1, 0.15) is 42.5 Å². The molecule has 0 fully saturated rings. The van der Waals surface area contributed by atoms with Gasteiger partial charge in [-0.1, -0.05) is 24.6 Å². The first-order chi connectivity index (χ1) is 11.8. The van der Waals surface area contributed by atoms with Gasteiger partial charge < -0.3 is 10.4 Å². The zero-order valence-electron chi connectivity index (χ0n) is 13.9. The molecule has 0 unspecified atom stereocenters. The average molecular weight is 324 g/mol. The van der Waals surface area contributed by atoms with E-state index in [1.165, 1.54) is 18.3 Å². The third-order valence-electron chi connectivity index (χ3n) is 4.23. The Kier molecular flexibility index (Phi) is 5.90. The van der Waals surface area contributed by atoms with Crippen molar-refractivity contribution in [1.29, 1.82) is 0 Å². The monoisotopic (exact) mass is 324 g/mol. The molecule has 1 aliphatic heterocycles. The van der Waals surface area contributed by atoms with Crippen LogP contribution in [-0.2, 0) is 12.8 Å². The molecule has 126 valence electrons. The summed E-state index contributed by atoms with van der Waals surface area (Å²) < 4.78 is 0. The van der Waals surface area contributed by atoms with Crippen LogP contribution in [0.2, 0.25) is 0 Å². The van der Waals surface area contributed by atoms with Gasteiger partial charge in [-0.15, -0.1) is 0 Å². The van der Waals surface area contributed by atoms with E-state index in [4.69, 9.17) is 4.98 Å². The summed E-state index contributed by atoms with van der Waals surface area (Å²) in [7, 11) is 0. The maximum atomic E-state index is 10.0. The van der Waals surface area contributed by atoms with Crippen LogP contribution in [0, 0.1) is 0 Å². The summed E-state index contributed by atoms with van der Waals surface area (Å²) in [5.41, 5.74) is 3.37. The third kappa shape index (κ3) is 4.86. The van der Waals surface area contributed by atoms with Gasteiger partial charge in [0.2, 0.25) is 0 Å². The molecule has 1 aliphatic rings. The first kappa shape index (κ1) is 16.6. The zero-order chi connectivity index (χ0) is 16.6. The molecule has 1 atom stereocenters. The van der Waals surface area contributed by atoms with Crippen LogP contribution in [-0.4, -0.2) is 32.7 Å². The molecule has 5 nitrogen and oxygen atoms in total. The summed E-state index contributed by atoms with van der Waals surface area (Å²) >= 11 is 0. The van der Waals surface area contributed by atoms with Crippen molar-refractivity contribution in [2.75, 3.05) is 11.9 Å². The fourth-order valence-corrected chi connectivity index (χ4v) is 2.88. The molecule has 24 heavy (non-hydrogen) atoms. The molecule has 5 heteroatoms. The number of aromatic nitrogens is 3. The standard InChI is InChI=1S/C19H24N4O/c24-18(10-7-15-12-20-14-21-13-15)6-2-1-5-17-9-8-16-4-3-11-22-19(16)23-17/h7-10,12-14,18,24H,1-6,11H2,(H,22,23)/t18-/m1/s1. The van der Waals surface area contributed by atoms with Gasteiger partial charge in [0.05, 0.1) is 6.10 Å². The van der Waals surface area contributed by atoms with Gasteiger partial charge in [0, 0.05) is 30.2 Å². The van der Waals surface area contributed by atoms with E-state index in [1.54, 1.807) is 18.5 Å². The lowest BCUT2D eigenvalue weighted by Gasteiger charge is -2.17. The summed E-state index contributed by atoms with van der Waals surface area (Å²) in [6.45, 7) is 1.02. The minimum Gasteiger partial charge on any atom is -0.389 e. The largest absolute Gasteiger partial charge is 0.389 e. The van der Waals surface area contributed by atoms with Crippen LogP contribution in [0.5, 0.6) is 0 Å².